The Hall–Kier alpha value is -0.870. The maximum Gasteiger partial charge on any atom is 0.182 e. The molecule has 0 heterocycles. The van der Waals surface area contributed by atoms with Crippen LogP contribution in [0.4, 0.5) is 0 Å². The molecule has 0 amide bonds. The molecule has 0 aromatic heterocycles. The van der Waals surface area contributed by atoms with Crippen molar-refractivity contribution in [2.24, 2.45) is 5.73 Å². The first-order valence-corrected chi connectivity index (χ1v) is 5.26. The summed E-state index contributed by atoms with van der Waals surface area (Å²) >= 11 is 5.67. The van der Waals surface area contributed by atoms with Gasteiger partial charge in [0.15, 0.2) is 5.17 Å². The zero-order valence-corrected chi connectivity index (χ0v) is 8.36. The minimum atomic E-state index is -1.41. The van der Waals surface area contributed by atoms with Gasteiger partial charge in [-0.15, -0.1) is 0 Å². The highest BCUT2D eigenvalue weighted by Crippen LogP contribution is 2.10. The van der Waals surface area contributed by atoms with Gasteiger partial charge in [-0.1, -0.05) is 23.7 Å². The van der Waals surface area contributed by atoms with Crippen molar-refractivity contribution in [3.8, 4) is 0 Å². The van der Waals surface area contributed by atoms with E-state index in [1.54, 1.807) is 24.3 Å². The van der Waals surface area contributed by atoms with Crippen molar-refractivity contribution in [2.75, 3.05) is 0 Å². The SMILES string of the molecule is N=C(N)S(=O)Cc1ccc(Cl)cc1. The first-order valence-electron chi connectivity index (χ1n) is 3.56. The standard InChI is InChI=1S/C8H9ClN2OS/c9-7-3-1-6(2-4-7)5-13(12)8(10)11/h1-4H,5H2,(H3,10,11). The fraction of sp³-hybridized carbons (Fsp3) is 0.125. The van der Waals surface area contributed by atoms with Crippen LogP contribution in [-0.2, 0) is 16.6 Å². The molecule has 70 valence electrons. The van der Waals surface area contributed by atoms with Gasteiger partial charge in [0, 0.05) is 5.02 Å². The predicted molar refractivity (Wildman–Crippen MR) is 55.2 cm³/mol. The molecule has 0 aliphatic heterocycles. The smallest absolute Gasteiger partial charge is 0.182 e. The largest absolute Gasteiger partial charge is 0.377 e. The average Bonchev–Trinajstić information content (AvgIpc) is 2.08. The van der Waals surface area contributed by atoms with E-state index in [9.17, 15) is 4.21 Å². The van der Waals surface area contributed by atoms with Gasteiger partial charge < -0.3 is 5.73 Å². The molecule has 0 saturated carbocycles. The molecule has 0 spiro atoms. The molecule has 3 nitrogen and oxygen atoms in total. The van der Waals surface area contributed by atoms with Crippen LogP contribution in [0.3, 0.4) is 0 Å². The maximum absolute atomic E-state index is 11.1. The van der Waals surface area contributed by atoms with Crippen LogP contribution in [0.25, 0.3) is 0 Å². The Balaban J connectivity index is 2.70. The number of hydrogen-bond donors (Lipinski definition) is 2. The number of nitrogens with one attached hydrogen (secondary N) is 1. The first-order chi connectivity index (χ1) is 6.09. The van der Waals surface area contributed by atoms with E-state index >= 15 is 0 Å². The highest BCUT2D eigenvalue weighted by molar-refractivity contribution is 7.99. The van der Waals surface area contributed by atoms with E-state index in [4.69, 9.17) is 22.7 Å². The Morgan fingerprint density at radius 3 is 2.46 bits per heavy atom. The fourth-order valence-corrected chi connectivity index (χ4v) is 1.59. The number of rotatable bonds is 2. The van der Waals surface area contributed by atoms with Crippen LogP contribution in [0.2, 0.25) is 5.02 Å². The maximum atomic E-state index is 11.1. The quantitative estimate of drug-likeness (QED) is 0.581. The van der Waals surface area contributed by atoms with E-state index in [1.807, 2.05) is 0 Å². The third-order valence-corrected chi connectivity index (χ3v) is 2.79. The summed E-state index contributed by atoms with van der Waals surface area (Å²) in [5.74, 6) is 0.270. The average molecular weight is 217 g/mol. The number of hydrogen-bond acceptors (Lipinski definition) is 2. The molecule has 0 saturated heterocycles. The highest BCUT2D eigenvalue weighted by Gasteiger charge is 2.03. The minimum Gasteiger partial charge on any atom is -0.377 e. The van der Waals surface area contributed by atoms with E-state index in [1.165, 1.54) is 0 Å². The summed E-state index contributed by atoms with van der Waals surface area (Å²) in [7, 11) is -1.41. The fourth-order valence-electron chi connectivity index (χ4n) is 0.810. The van der Waals surface area contributed by atoms with Crippen LogP contribution < -0.4 is 5.73 Å². The van der Waals surface area contributed by atoms with Crippen molar-refractivity contribution >= 4 is 27.6 Å². The molecule has 0 bridgehead atoms. The summed E-state index contributed by atoms with van der Waals surface area (Å²) in [6.45, 7) is 0. The minimum absolute atomic E-state index is 0.270. The molecule has 0 radical (unpaired) electrons. The van der Waals surface area contributed by atoms with Crippen molar-refractivity contribution in [1.29, 1.82) is 5.41 Å². The summed E-state index contributed by atoms with van der Waals surface area (Å²) in [6.07, 6.45) is 0. The van der Waals surface area contributed by atoms with Crippen molar-refractivity contribution in [3.05, 3.63) is 34.9 Å². The summed E-state index contributed by atoms with van der Waals surface area (Å²) in [6, 6.07) is 6.97. The van der Waals surface area contributed by atoms with Crippen LogP contribution in [-0.4, -0.2) is 9.38 Å². The Kier molecular flexibility index (Phi) is 3.45. The van der Waals surface area contributed by atoms with Crippen molar-refractivity contribution in [3.63, 3.8) is 0 Å². The van der Waals surface area contributed by atoms with Crippen molar-refractivity contribution < 1.29 is 4.21 Å². The zero-order valence-electron chi connectivity index (χ0n) is 6.79. The van der Waals surface area contributed by atoms with Crippen LogP contribution >= 0.6 is 11.6 Å². The van der Waals surface area contributed by atoms with Crippen LogP contribution in [0, 0.1) is 5.41 Å². The van der Waals surface area contributed by atoms with Gasteiger partial charge in [-0.2, -0.15) is 0 Å². The van der Waals surface area contributed by atoms with Gasteiger partial charge in [-0.05, 0) is 17.7 Å². The van der Waals surface area contributed by atoms with E-state index in [-0.39, 0.29) is 10.9 Å². The van der Waals surface area contributed by atoms with Gasteiger partial charge in [0.1, 0.15) is 0 Å². The lowest BCUT2D eigenvalue weighted by Crippen LogP contribution is -2.17. The molecule has 1 atom stereocenters. The lowest BCUT2D eigenvalue weighted by atomic mass is 10.2. The first kappa shape index (κ1) is 10.2. The van der Waals surface area contributed by atoms with Crippen molar-refractivity contribution in [2.45, 2.75) is 5.75 Å². The second kappa shape index (κ2) is 4.39. The molecule has 1 aromatic carbocycles. The molecular formula is C8H9ClN2OS. The van der Waals surface area contributed by atoms with E-state index < -0.39 is 10.8 Å². The molecule has 0 aliphatic carbocycles. The molecule has 1 unspecified atom stereocenters. The molecule has 1 aromatic rings. The Labute approximate surface area is 83.9 Å². The Bertz CT molecular complexity index is 337. The van der Waals surface area contributed by atoms with Gasteiger partial charge in [0.05, 0.1) is 16.6 Å². The Morgan fingerprint density at radius 2 is 2.00 bits per heavy atom. The number of halogens is 1. The summed E-state index contributed by atoms with van der Waals surface area (Å²) < 4.78 is 11.1. The second-order valence-corrected chi connectivity index (χ2v) is 4.34. The molecule has 0 aliphatic rings. The van der Waals surface area contributed by atoms with Crippen molar-refractivity contribution in [1.82, 2.24) is 0 Å². The zero-order chi connectivity index (χ0) is 9.84. The lowest BCUT2D eigenvalue weighted by molar-refractivity contribution is 0.689. The Morgan fingerprint density at radius 1 is 1.46 bits per heavy atom. The number of benzene rings is 1. The normalized spacial score (nSPS) is 12.4. The molecule has 1 rings (SSSR count). The third kappa shape index (κ3) is 3.16. The van der Waals surface area contributed by atoms with Crippen LogP contribution in [0.5, 0.6) is 0 Å². The third-order valence-electron chi connectivity index (χ3n) is 1.46. The molecular weight excluding hydrogens is 208 g/mol. The van der Waals surface area contributed by atoms with Crippen LogP contribution in [0.15, 0.2) is 24.3 Å². The second-order valence-electron chi connectivity index (χ2n) is 2.48. The highest BCUT2D eigenvalue weighted by atomic mass is 35.5. The lowest BCUT2D eigenvalue weighted by Gasteiger charge is -1.99. The van der Waals surface area contributed by atoms with E-state index in [0.717, 1.165) is 5.56 Å². The summed E-state index contributed by atoms with van der Waals surface area (Å²) in [5.41, 5.74) is 5.93. The molecule has 3 N–H and O–H groups in total. The number of amidine groups is 1. The molecule has 0 fully saturated rings. The van der Waals surface area contributed by atoms with Gasteiger partial charge in [-0.25, -0.2) is 0 Å². The monoisotopic (exact) mass is 216 g/mol. The molecule has 5 heteroatoms. The summed E-state index contributed by atoms with van der Waals surface area (Å²) in [4.78, 5) is 0. The van der Waals surface area contributed by atoms with Gasteiger partial charge in [0.25, 0.3) is 0 Å². The van der Waals surface area contributed by atoms with Gasteiger partial charge in [0.2, 0.25) is 0 Å². The van der Waals surface area contributed by atoms with Gasteiger partial charge >= 0.3 is 0 Å². The van der Waals surface area contributed by atoms with E-state index in [2.05, 4.69) is 0 Å². The number of nitrogens with two attached hydrogens (primary N) is 1. The van der Waals surface area contributed by atoms with Gasteiger partial charge in [-0.3, -0.25) is 9.62 Å². The topological polar surface area (TPSA) is 66.9 Å². The predicted octanol–water partition coefficient (Wildman–Crippen LogP) is 1.48. The summed E-state index contributed by atoms with van der Waals surface area (Å²) in [5, 5.41) is 7.28. The van der Waals surface area contributed by atoms with Crippen LogP contribution in [0.1, 0.15) is 5.56 Å². The molecule has 13 heavy (non-hydrogen) atoms. The van der Waals surface area contributed by atoms with E-state index in [0.29, 0.717) is 5.02 Å².